The van der Waals surface area contributed by atoms with Crippen LogP contribution < -0.4 is 0 Å². The summed E-state index contributed by atoms with van der Waals surface area (Å²) in [7, 11) is 0. The molecule has 0 aromatic carbocycles. The molecule has 1 fully saturated rings. The minimum Gasteiger partial charge on any atom is -0.493 e. The van der Waals surface area contributed by atoms with Gasteiger partial charge in [-0.3, -0.25) is 0 Å². The van der Waals surface area contributed by atoms with Crippen LogP contribution in [0.3, 0.4) is 0 Å². The molecule has 0 radical (unpaired) electrons. The lowest BCUT2D eigenvalue weighted by molar-refractivity contribution is 0.177. The molecule has 1 nitrogen and oxygen atoms in total. The van der Waals surface area contributed by atoms with Crippen LogP contribution in [0.15, 0.2) is 24.5 Å². The van der Waals surface area contributed by atoms with Crippen LogP contribution in [0.2, 0.25) is 0 Å². The zero-order chi connectivity index (χ0) is 8.93. The summed E-state index contributed by atoms with van der Waals surface area (Å²) in [6, 6.07) is 0. The molecular weight excluding hydrogens is 180 g/mol. The number of hydrogen-bond donors (Lipinski definition) is 0. The van der Waals surface area contributed by atoms with Gasteiger partial charge in [-0.1, -0.05) is 18.9 Å². The number of hydrogen-bond acceptors (Lipinski definition) is 2. The summed E-state index contributed by atoms with van der Waals surface area (Å²) in [5.74, 6) is 1.31. The van der Waals surface area contributed by atoms with E-state index in [2.05, 4.69) is 23.9 Å². The minimum atomic E-state index is 0.327. The van der Waals surface area contributed by atoms with E-state index in [1.54, 1.807) is 0 Å². The second-order valence-electron chi connectivity index (χ2n) is 3.57. The molecule has 0 aromatic heterocycles. The third-order valence-electron chi connectivity index (χ3n) is 2.56. The van der Waals surface area contributed by atoms with Gasteiger partial charge in [0.2, 0.25) is 0 Å². The maximum atomic E-state index is 5.58. The van der Waals surface area contributed by atoms with Gasteiger partial charge in [0.15, 0.2) is 0 Å². The molecule has 0 bridgehead atoms. The first kappa shape index (κ1) is 9.20. The monoisotopic (exact) mass is 196 g/mol. The molecule has 0 saturated carbocycles. The standard InChI is InChI=1S/C11H16OS/c1-2-7-11(13-9-5-1)10-6-3-4-8-12-10/h3-4,6,8,10-11H,1-2,5,7,9H2. The van der Waals surface area contributed by atoms with E-state index in [1.807, 2.05) is 12.3 Å². The van der Waals surface area contributed by atoms with Gasteiger partial charge in [-0.05, 0) is 30.7 Å². The predicted octanol–water partition coefficient (Wildman–Crippen LogP) is 3.13. The number of ether oxygens (including phenoxy) is 1. The molecule has 2 unspecified atom stereocenters. The van der Waals surface area contributed by atoms with E-state index in [1.165, 1.54) is 31.4 Å². The van der Waals surface area contributed by atoms with Crippen LogP contribution in [0.4, 0.5) is 0 Å². The average Bonchev–Trinajstić information content (AvgIpc) is 2.47. The van der Waals surface area contributed by atoms with Crippen LogP contribution in [0.1, 0.15) is 25.7 Å². The van der Waals surface area contributed by atoms with Crippen molar-refractivity contribution in [3.8, 4) is 0 Å². The highest BCUT2D eigenvalue weighted by Gasteiger charge is 2.22. The Morgan fingerprint density at radius 2 is 2.15 bits per heavy atom. The molecule has 2 atom stereocenters. The highest BCUT2D eigenvalue weighted by Crippen LogP contribution is 2.29. The highest BCUT2D eigenvalue weighted by atomic mass is 32.2. The normalized spacial score (nSPS) is 33.8. The zero-order valence-electron chi connectivity index (χ0n) is 7.82. The van der Waals surface area contributed by atoms with Gasteiger partial charge in [-0.25, -0.2) is 0 Å². The van der Waals surface area contributed by atoms with Crippen molar-refractivity contribution >= 4 is 11.8 Å². The van der Waals surface area contributed by atoms with E-state index in [4.69, 9.17) is 4.74 Å². The molecule has 2 heteroatoms. The second-order valence-corrected chi connectivity index (χ2v) is 4.92. The van der Waals surface area contributed by atoms with E-state index in [0.29, 0.717) is 11.4 Å². The summed E-state index contributed by atoms with van der Waals surface area (Å²) in [5, 5.41) is 0.684. The Hall–Kier alpha value is -0.370. The summed E-state index contributed by atoms with van der Waals surface area (Å²) in [5.41, 5.74) is 0. The molecule has 0 N–H and O–H groups in total. The maximum Gasteiger partial charge on any atom is 0.128 e. The Labute approximate surface area is 84.2 Å². The summed E-state index contributed by atoms with van der Waals surface area (Å²) in [6.45, 7) is 0. The molecule has 0 aliphatic carbocycles. The first-order valence-corrected chi connectivity index (χ1v) is 6.12. The molecule has 0 amide bonds. The summed E-state index contributed by atoms with van der Waals surface area (Å²) < 4.78 is 5.58. The highest BCUT2D eigenvalue weighted by molar-refractivity contribution is 7.99. The van der Waals surface area contributed by atoms with E-state index >= 15 is 0 Å². The molecule has 1 saturated heterocycles. The third kappa shape index (κ3) is 2.53. The van der Waals surface area contributed by atoms with Crippen molar-refractivity contribution in [2.24, 2.45) is 0 Å². The van der Waals surface area contributed by atoms with Crippen molar-refractivity contribution in [3.63, 3.8) is 0 Å². The molecule has 2 aliphatic heterocycles. The van der Waals surface area contributed by atoms with Gasteiger partial charge in [0.05, 0.1) is 6.26 Å². The zero-order valence-corrected chi connectivity index (χ0v) is 8.63. The van der Waals surface area contributed by atoms with Crippen molar-refractivity contribution in [3.05, 3.63) is 24.5 Å². The lowest BCUT2D eigenvalue weighted by atomic mass is 10.1. The lowest BCUT2D eigenvalue weighted by Gasteiger charge is -2.23. The largest absolute Gasteiger partial charge is 0.493 e. The fourth-order valence-corrected chi connectivity index (χ4v) is 3.16. The smallest absolute Gasteiger partial charge is 0.128 e. The molecule has 2 heterocycles. The SMILES string of the molecule is C1=COC(C2CCCCCS2)C=C1. The fourth-order valence-electron chi connectivity index (χ4n) is 1.81. The molecular formula is C11H16OS. The summed E-state index contributed by atoms with van der Waals surface area (Å²) in [4.78, 5) is 0. The van der Waals surface area contributed by atoms with Crippen molar-refractivity contribution in [2.45, 2.75) is 37.0 Å². The minimum absolute atomic E-state index is 0.327. The van der Waals surface area contributed by atoms with Crippen molar-refractivity contribution in [2.75, 3.05) is 5.75 Å². The van der Waals surface area contributed by atoms with E-state index < -0.39 is 0 Å². The molecule has 0 aromatic rings. The molecule has 13 heavy (non-hydrogen) atoms. The Morgan fingerprint density at radius 3 is 3.00 bits per heavy atom. The second kappa shape index (κ2) is 4.75. The van der Waals surface area contributed by atoms with E-state index in [-0.39, 0.29) is 0 Å². The Morgan fingerprint density at radius 1 is 1.15 bits per heavy atom. The van der Waals surface area contributed by atoms with Crippen LogP contribution >= 0.6 is 11.8 Å². The Balaban J connectivity index is 1.90. The first-order chi connectivity index (χ1) is 6.47. The van der Waals surface area contributed by atoms with Crippen LogP contribution in [-0.2, 0) is 4.74 Å². The number of rotatable bonds is 1. The van der Waals surface area contributed by atoms with Crippen molar-refractivity contribution in [1.82, 2.24) is 0 Å². The molecule has 0 spiro atoms. The van der Waals surface area contributed by atoms with Crippen LogP contribution in [0, 0.1) is 0 Å². The van der Waals surface area contributed by atoms with Gasteiger partial charge in [0, 0.05) is 5.25 Å². The van der Waals surface area contributed by atoms with Crippen molar-refractivity contribution in [1.29, 1.82) is 0 Å². The summed E-state index contributed by atoms with van der Waals surface area (Å²) in [6.07, 6.45) is 13.8. The van der Waals surface area contributed by atoms with Gasteiger partial charge < -0.3 is 4.74 Å². The molecule has 2 aliphatic rings. The van der Waals surface area contributed by atoms with Crippen molar-refractivity contribution < 1.29 is 4.74 Å². The molecule has 72 valence electrons. The molecule has 2 rings (SSSR count). The van der Waals surface area contributed by atoms with Gasteiger partial charge in [0.25, 0.3) is 0 Å². The summed E-state index contributed by atoms with van der Waals surface area (Å²) >= 11 is 2.08. The predicted molar refractivity (Wildman–Crippen MR) is 57.9 cm³/mol. The van der Waals surface area contributed by atoms with Crippen LogP contribution in [0.5, 0.6) is 0 Å². The van der Waals surface area contributed by atoms with Gasteiger partial charge >= 0.3 is 0 Å². The number of allylic oxidation sites excluding steroid dienone is 2. The lowest BCUT2D eigenvalue weighted by Crippen LogP contribution is -2.23. The third-order valence-corrected chi connectivity index (χ3v) is 4.01. The Kier molecular flexibility index (Phi) is 3.36. The Bertz CT molecular complexity index is 202. The van der Waals surface area contributed by atoms with E-state index in [9.17, 15) is 0 Å². The maximum absolute atomic E-state index is 5.58. The topological polar surface area (TPSA) is 9.23 Å². The number of thioether (sulfide) groups is 1. The fraction of sp³-hybridized carbons (Fsp3) is 0.636. The average molecular weight is 196 g/mol. The van der Waals surface area contributed by atoms with Crippen LogP contribution in [0.25, 0.3) is 0 Å². The van der Waals surface area contributed by atoms with E-state index in [0.717, 1.165) is 0 Å². The quantitative estimate of drug-likeness (QED) is 0.637. The van der Waals surface area contributed by atoms with Gasteiger partial charge in [-0.2, -0.15) is 11.8 Å². The van der Waals surface area contributed by atoms with Crippen LogP contribution in [-0.4, -0.2) is 17.1 Å². The van der Waals surface area contributed by atoms with Gasteiger partial charge in [0.1, 0.15) is 6.10 Å². The van der Waals surface area contributed by atoms with Gasteiger partial charge in [-0.15, -0.1) is 0 Å². The first-order valence-electron chi connectivity index (χ1n) is 5.07.